The Morgan fingerprint density at radius 3 is 2.53 bits per heavy atom. The molecule has 2 amide bonds. The first kappa shape index (κ1) is 26.8. The van der Waals surface area contributed by atoms with E-state index in [-0.39, 0.29) is 47.0 Å². The Hall–Kier alpha value is -2.78. The number of hydrogen-bond donors (Lipinski definition) is 2. The van der Waals surface area contributed by atoms with Crippen molar-refractivity contribution >= 4 is 18.9 Å². The van der Waals surface area contributed by atoms with E-state index in [4.69, 9.17) is 9.31 Å². The lowest BCUT2D eigenvalue weighted by molar-refractivity contribution is -0.199. The fraction of sp³-hybridized carbons (Fsp3) is 0.586. The number of hydrogen-bond acceptors (Lipinski definition) is 6. The van der Waals surface area contributed by atoms with E-state index < -0.39 is 13.2 Å². The highest BCUT2D eigenvalue weighted by molar-refractivity contribution is 6.47. The van der Waals surface area contributed by atoms with E-state index in [1.807, 2.05) is 30.3 Å². The zero-order valence-electron chi connectivity index (χ0n) is 23.0. The van der Waals surface area contributed by atoms with Gasteiger partial charge in [-0.1, -0.05) is 58.0 Å². The molecule has 0 spiro atoms. The topological polar surface area (TPSA) is 102 Å². The van der Waals surface area contributed by atoms with Crippen LogP contribution in [0.3, 0.4) is 0 Å². The minimum atomic E-state index is -0.524. The highest BCUT2D eigenvalue weighted by Crippen LogP contribution is 2.65. The maximum atomic E-state index is 13.5. The van der Waals surface area contributed by atoms with Crippen molar-refractivity contribution in [2.75, 3.05) is 0 Å². The Bertz CT molecular complexity index is 1150. The van der Waals surface area contributed by atoms with Crippen LogP contribution in [0.25, 0.3) is 0 Å². The van der Waals surface area contributed by atoms with Crippen molar-refractivity contribution in [2.24, 2.45) is 23.2 Å². The van der Waals surface area contributed by atoms with Gasteiger partial charge in [0.2, 0.25) is 5.91 Å². The summed E-state index contributed by atoms with van der Waals surface area (Å²) in [5.74, 6) is 0.639. The molecule has 4 aliphatic rings. The van der Waals surface area contributed by atoms with E-state index in [1.165, 1.54) is 25.0 Å². The third kappa shape index (κ3) is 5.10. The van der Waals surface area contributed by atoms with Crippen LogP contribution in [0.4, 0.5) is 0 Å². The number of carbonyl (C=O) groups excluding carboxylic acids is 2. The minimum absolute atomic E-state index is 0.0548. The van der Waals surface area contributed by atoms with Crippen molar-refractivity contribution in [1.29, 1.82) is 0 Å². The Morgan fingerprint density at radius 1 is 1.11 bits per heavy atom. The van der Waals surface area contributed by atoms with Crippen LogP contribution in [-0.2, 0) is 14.1 Å². The molecule has 1 saturated heterocycles. The van der Waals surface area contributed by atoms with E-state index >= 15 is 0 Å². The molecule has 1 aromatic carbocycles. The highest BCUT2D eigenvalue weighted by atomic mass is 16.7. The van der Waals surface area contributed by atoms with Crippen LogP contribution in [0.5, 0.6) is 0 Å². The van der Waals surface area contributed by atoms with Gasteiger partial charge in [-0.2, -0.15) is 0 Å². The summed E-state index contributed by atoms with van der Waals surface area (Å²) in [4.78, 5) is 34.4. The molecular formula is C29H39BN4O4. The first-order chi connectivity index (χ1) is 18.1. The van der Waals surface area contributed by atoms with E-state index in [1.54, 1.807) is 0 Å². The summed E-state index contributed by atoms with van der Waals surface area (Å²) in [6.45, 7) is 11.2. The van der Waals surface area contributed by atoms with Gasteiger partial charge in [-0.15, -0.1) is 0 Å². The molecule has 38 heavy (non-hydrogen) atoms. The monoisotopic (exact) mass is 518 g/mol. The van der Waals surface area contributed by atoms with Gasteiger partial charge in [0.05, 0.1) is 36.3 Å². The SMILES string of the molecule is CC(C)C[C@H](NC(=O)CC(NC(=O)c1cnccn1)c1ccccc1)B1O[C@@H]2C[C@H]3C[C@H](C3(C)C)[C@]2(C)O1. The van der Waals surface area contributed by atoms with Crippen LogP contribution < -0.4 is 10.6 Å². The summed E-state index contributed by atoms with van der Waals surface area (Å²) in [5.41, 5.74) is 0.968. The molecule has 8 nitrogen and oxygen atoms in total. The summed E-state index contributed by atoms with van der Waals surface area (Å²) in [7, 11) is -0.490. The summed E-state index contributed by atoms with van der Waals surface area (Å²) in [6.07, 6.45) is 7.46. The number of nitrogens with zero attached hydrogens (tertiary/aromatic N) is 2. The molecule has 202 valence electrons. The number of amides is 2. The van der Waals surface area contributed by atoms with Crippen LogP contribution >= 0.6 is 0 Å². The first-order valence-electron chi connectivity index (χ1n) is 13.8. The number of carbonyl (C=O) groups is 2. The molecule has 4 fully saturated rings. The quantitative estimate of drug-likeness (QED) is 0.484. The normalized spacial score (nSPS) is 28.7. The van der Waals surface area contributed by atoms with E-state index in [2.05, 4.69) is 55.2 Å². The van der Waals surface area contributed by atoms with Gasteiger partial charge < -0.3 is 19.9 Å². The smallest absolute Gasteiger partial charge is 0.404 e. The van der Waals surface area contributed by atoms with Gasteiger partial charge in [0.1, 0.15) is 5.69 Å². The summed E-state index contributed by atoms with van der Waals surface area (Å²) >= 11 is 0. The predicted octanol–water partition coefficient (Wildman–Crippen LogP) is 4.14. The molecule has 1 unspecified atom stereocenters. The molecule has 3 aliphatic carbocycles. The van der Waals surface area contributed by atoms with E-state index in [0.717, 1.165) is 18.4 Å². The highest BCUT2D eigenvalue weighted by Gasteiger charge is 2.68. The van der Waals surface area contributed by atoms with Gasteiger partial charge in [0, 0.05) is 12.4 Å². The number of aromatic nitrogens is 2. The van der Waals surface area contributed by atoms with Gasteiger partial charge in [-0.05, 0) is 54.9 Å². The molecule has 6 rings (SSSR count). The Labute approximate surface area is 225 Å². The van der Waals surface area contributed by atoms with Crippen molar-refractivity contribution in [1.82, 2.24) is 20.6 Å². The average Bonchev–Trinajstić information content (AvgIpc) is 3.26. The van der Waals surface area contributed by atoms with Gasteiger partial charge in [0.25, 0.3) is 5.91 Å². The van der Waals surface area contributed by atoms with Crippen LogP contribution in [0.1, 0.15) is 82.4 Å². The minimum Gasteiger partial charge on any atom is -0.404 e. The number of nitrogens with one attached hydrogen (secondary N) is 2. The van der Waals surface area contributed by atoms with Gasteiger partial charge in [-0.25, -0.2) is 4.98 Å². The average molecular weight is 518 g/mol. The van der Waals surface area contributed by atoms with E-state index in [0.29, 0.717) is 17.8 Å². The first-order valence-corrected chi connectivity index (χ1v) is 13.8. The number of rotatable bonds is 9. The van der Waals surface area contributed by atoms with Crippen molar-refractivity contribution in [3.63, 3.8) is 0 Å². The third-order valence-electron chi connectivity index (χ3n) is 9.06. The Morgan fingerprint density at radius 2 is 1.87 bits per heavy atom. The molecule has 9 heteroatoms. The molecule has 2 aromatic rings. The summed E-state index contributed by atoms with van der Waals surface area (Å²) in [6, 6.07) is 8.98. The second-order valence-electron chi connectivity index (χ2n) is 12.4. The zero-order chi connectivity index (χ0) is 27.1. The molecule has 2 bridgehead atoms. The Kier molecular flexibility index (Phi) is 7.35. The molecule has 0 radical (unpaired) electrons. The Balaban J connectivity index is 1.29. The van der Waals surface area contributed by atoms with Crippen molar-refractivity contribution in [2.45, 2.75) is 84.0 Å². The van der Waals surface area contributed by atoms with Crippen molar-refractivity contribution < 1.29 is 18.9 Å². The van der Waals surface area contributed by atoms with Crippen LogP contribution in [0.15, 0.2) is 48.9 Å². The summed E-state index contributed by atoms with van der Waals surface area (Å²) in [5, 5.41) is 6.18. The van der Waals surface area contributed by atoms with Gasteiger partial charge >= 0.3 is 7.12 Å². The maximum Gasteiger partial charge on any atom is 0.481 e. The van der Waals surface area contributed by atoms with Crippen molar-refractivity contribution in [3.8, 4) is 0 Å². The van der Waals surface area contributed by atoms with Crippen LogP contribution in [0, 0.1) is 23.2 Å². The van der Waals surface area contributed by atoms with Crippen LogP contribution in [-0.4, -0.2) is 46.5 Å². The number of benzene rings is 1. The zero-order valence-corrected chi connectivity index (χ0v) is 23.0. The summed E-state index contributed by atoms with van der Waals surface area (Å²) < 4.78 is 13.2. The van der Waals surface area contributed by atoms with Crippen LogP contribution in [0.2, 0.25) is 0 Å². The lowest BCUT2D eigenvalue weighted by Crippen LogP contribution is -2.65. The molecule has 1 aromatic heterocycles. The van der Waals surface area contributed by atoms with Gasteiger partial charge in [-0.3, -0.25) is 14.6 Å². The lowest BCUT2D eigenvalue weighted by Gasteiger charge is -2.64. The predicted molar refractivity (Wildman–Crippen MR) is 145 cm³/mol. The van der Waals surface area contributed by atoms with E-state index in [9.17, 15) is 9.59 Å². The van der Waals surface area contributed by atoms with Crippen molar-refractivity contribution in [3.05, 3.63) is 60.2 Å². The third-order valence-corrected chi connectivity index (χ3v) is 9.06. The molecule has 3 saturated carbocycles. The second-order valence-corrected chi connectivity index (χ2v) is 12.4. The molecule has 2 heterocycles. The largest absolute Gasteiger partial charge is 0.481 e. The fourth-order valence-corrected chi connectivity index (χ4v) is 6.85. The second kappa shape index (κ2) is 10.4. The standard InChI is InChI=1S/C29H39BN4O4/c1-18(2)13-25(30-37-24-15-20-14-23(28(20,3)4)29(24,5)38-30)34-26(35)16-21(19-9-7-6-8-10-19)33-27(36)22-17-31-11-12-32-22/h6-12,17-18,20-21,23-25H,13-16H2,1-5H3,(H,33,36)(H,34,35)/t20-,21?,23-,24-,25+,29+/m1/s1. The molecular weight excluding hydrogens is 479 g/mol. The van der Waals surface area contributed by atoms with Gasteiger partial charge in [0.15, 0.2) is 0 Å². The molecule has 1 aliphatic heterocycles. The fourth-order valence-electron chi connectivity index (χ4n) is 6.85. The maximum absolute atomic E-state index is 13.5. The lowest BCUT2D eigenvalue weighted by atomic mass is 9.43. The molecule has 2 N–H and O–H groups in total. The molecule has 6 atom stereocenters.